The Morgan fingerprint density at radius 3 is 2.60 bits per heavy atom. The number of esters is 1. The Balaban J connectivity index is 2.21. The number of carbonyl (C=O) groups excluding carboxylic acids is 2. The Labute approximate surface area is 118 Å². The third kappa shape index (κ3) is 6.31. The molecule has 0 heterocycles. The summed E-state index contributed by atoms with van der Waals surface area (Å²) in [6.07, 6.45) is 1.18. The van der Waals surface area contributed by atoms with Crippen molar-refractivity contribution in [3.8, 4) is 0 Å². The second kappa shape index (κ2) is 9.06. The van der Waals surface area contributed by atoms with Crippen LogP contribution in [0.1, 0.15) is 18.4 Å². The average Bonchev–Trinajstić information content (AvgIpc) is 2.49. The zero-order valence-electron chi connectivity index (χ0n) is 11.4. The minimum absolute atomic E-state index is 0.179. The van der Waals surface area contributed by atoms with Crippen LogP contribution in [-0.4, -0.2) is 31.0 Å². The third-order valence-electron chi connectivity index (χ3n) is 2.71. The Morgan fingerprint density at radius 2 is 1.95 bits per heavy atom. The molecule has 6 heteroatoms. The lowest BCUT2D eigenvalue weighted by atomic mass is 10.1. The number of rotatable bonds is 8. The van der Waals surface area contributed by atoms with Crippen molar-refractivity contribution < 1.29 is 14.3 Å². The topological polar surface area (TPSA) is 107 Å². The van der Waals surface area contributed by atoms with Crippen LogP contribution in [0.2, 0.25) is 0 Å². The van der Waals surface area contributed by atoms with Crippen LogP contribution >= 0.6 is 0 Å². The number of nitrogens with two attached hydrogens (primary N) is 2. The van der Waals surface area contributed by atoms with E-state index in [0.717, 1.165) is 5.56 Å². The van der Waals surface area contributed by atoms with Gasteiger partial charge in [0.05, 0.1) is 6.04 Å². The van der Waals surface area contributed by atoms with Crippen LogP contribution in [-0.2, 0) is 20.9 Å². The Hall–Kier alpha value is -1.92. The van der Waals surface area contributed by atoms with Crippen molar-refractivity contribution in [1.29, 1.82) is 0 Å². The second-order valence-corrected chi connectivity index (χ2v) is 4.40. The lowest BCUT2D eigenvalue weighted by molar-refractivity contribution is -0.145. The van der Waals surface area contributed by atoms with E-state index >= 15 is 0 Å². The maximum Gasteiger partial charge on any atom is 0.325 e. The summed E-state index contributed by atoms with van der Waals surface area (Å²) < 4.78 is 5.02. The van der Waals surface area contributed by atoms with Crippen molar-refractivity contribution >= 4 is 11.9 Å². The fourth-order valence-corrected chi connectivity index (χ4v) is 1.55. The molecule has 1 aromatic rings. The molecular formula is C14H21N3O3. The highest BCUT2D eigenvalue weighted by molar-refractivity contribution is 5.85. The van der Waals surface area contributed by atoms with Crippen LogP contribution in [0.3, 0.4) is 0 Å². The van der Waals surface area contributed by atoms with E-state index in [4.69, 9.17) is 16.2 Å². The number of hydrogen-bond donors (Lipinski definition) is 3. The van der Waals surface area contributed by atoms with Gasteiger partial charge in [-0.3, -0.25) is 9.59 Å². The highest BCUT2D eigenvalue weighted by atomic mass is 16.5. The molecule has 1 amide bonds. The van der Waals surface area contributed by atoms with Crippen molar-refractivity contribution in [2.24, 2.45) is 11.5 Å². The standard InChI is InChI=1S/C14H21N3O3/c15-8-4-7-12(16)14(19)17-9-13(18)20-10-11-5-2-1-3-6-11/h1-3,5-6,12H,4,7-10,15-16H2,(H,17,19)/t12-/m0/s1. The molecule has 1 rings (SSSR count). The molecule has 5 N–H and O–H groups in total. The predicted molar refractivity (Wildman–Crippen MR) is 75.5 cm³/mol. The molecule has 0 aliphatic rings. The summed E-state index contributed by atoms with van der Waals surface area (Å²) in [7, 11) is 0. The number of carbonyl (C=O) groups is 2. The van der Waals surface area contributed by atoms with Gasteiger partial charge in [0.15, 0.2) is 0 Å². The number of benzene rings is 1. The summed E-state index contributed by atoms with van der Waals surface area (Å²) in [4.78, 5) is 23.0. The number of ether oxygens (including phenoxy) is 1. The van der Waals surface area contributed by atoms with Crippen LogP contribution in [0.25, 0.3) is 0 Å². The average molecular weight is 279 g/mol. The zero-order valence-corrected chi connectivity index (χ0v) is 11.4. The Kier molecular flexibility index (Phi) is 7.31. The molecule has 0 saturated carbocycles. The maximum absolute atomic E-state index is 11.5. The van der Waals surface area contributed by atoms with E-state index in [1.54, 1.807) is 0 Å². The van der Waals surface area contributed by atoms with E-state index in [9.17, 15) is 9.59 Å². The molecule has 20 heavy (non-hydrogen) atoms. The summed E-state index contributed by atoms with van der Waals surface area (Å²) in [5.41, 5.74) is 11.9. The van der Waals surface area contributed by atoms with Gasteiger partial charge in [-0.05, 0) is 24.9 Å². The molecule has 0 aliphatic heterocycles. The minimum atomic E-state index is -0.638. The van der Waals surface area contributed by atoms with E-state index in [-0.39, 0.29) is 19.1 Å². The zero-order chi connectivity index (χ0) is 14.8. The van der Waals surface area contributed by atoms with E-state index < -0.39 is 12.0 Å². The first-order valence-corrected chi connectivity index (χ1v) is 6.56. The van der Waals surface area contributed by atoms with E-state index in [1.165, 1.54) is 0 Å². The highest BCUT2D eigenvalue weighted by Crippen LogP contribution is 2.00. The Bertz CT molecular complexity index is 423. The molecule has 0 spiro atoms. The van der Waals surface area contributed by atoms with Crippen LogP contribution in [0, 0.1) is 0 Å². The third-order valence-corrected chi connectivity index (χ3v) is 2.71. The van der Waals surface area contributed by atoms with Crippen LogP contribution in [0.5, 0.6) is 0 Å². The quantitative estimate of drug-likeness (QED) is 0.577. The lowest BCUT2D eigenvalue weighted by Gasteiger charge is -2.11. The molecule has 0 fully saturated rings. The highest BCUT2D eigenvalue weighted by Gasteiger charge is 2.14. The Morgan fingerprint density at radius 1 is 1.25 bits per heavy atom. The first-order valence-electron chi connectivity index (χ1n) is 6.56. The summed E-state index contributed by atoms with van der Waals surface area (Å²) >= 11 is 0. The fraction of sp³-hybridized carbons (Fsp3) is 0.429. The largest absolute Gasteiger partial charge is 0.460 e. The molecule has 0 aromatic heterocycles. The summed E-state index contributed by atoms with van der Waals surface area (Å²) in [6.45, 7) is 0.497. The van der Waals surface area contributed by atoms with Gasteiger partial charge in [-0.15, -0.1) is 0 Å². The van der Waals surface area contributed by atoms with Crippen LogP contribution in [0.15, 0.2) is 30.3 Å². The van der Waals surface area contributed by atoms with E-state index in [0.29, 0.717) is 19.4 Å². The molecule has 6 nitrogen and oxygen atoms in total. The molecule has 110 valence electrons. The monoisotopic (exact) mass is 279 g/mol. The van der Waals surface area contributed by atoms with Crippen LogP contribution in [0.4, 0.5) is 0 Å². The van der Waals surface area contributed by atoms with Gasteiger partial charge in [-0.1, -0.05) is 30.3 Å². The van der Waals surface area contributed by atoms with Gasteiger partial charge in [0, 0.05) is 0 Å². The molecule has 0 aliphatic carbocycles. The summed E-state index contributed by atoms with van der Waals surface area (Å²) in [5, 5.41) is 2.45. The van der Waals surface area contributed by atoms with Gasteiger partial charge in [0.2, 0.25) is 5.91 Å². The van der Waals surface area contributed by atoms with Gasteiger partial charge in [-0.2, -0.15) is 0 Å². The molecule has 1 atom stereocenters. The molecule has 0 unspecified atom stereocenters. The molecule has 0 saturated heterocycles. The normalized spacial score (nSPS) is 11.7. The van der Waals surface area contributed by atoms with Crippen LogP contribution < -0.4 is 16.8 Å². The first kappa shape index (κ1) is 16.1. The minimum Gasteiger partial charge on any atom is -0.460 e. The molecular weight excluding hydrogens is 258 g/mol. The lowest BCUT2D eigenvalue weighted by Crippen LogP contribution is -2.43. The molecule has 1 aromatic carbocycles. The van der Waals surface area contributed by atoms with Crippen molar-refractivity contribution in [3.63, 3.8) is 0 Å². The smallest absolute Gasteiger partial charge is 0.325 e. The number of nitrogens with one attached hydrogen (secondary N) is 1. The number of amides is 1. The SMILES string of the molecule is NCCC[C@H](N)C(=O)NCC(=O)OCc1ccccc1. The van der Waals surface area contributed by atoms with Gasteiger partial charge in [0.25, 0.3) is 0 Å². The maximum atomic E-state index is 11.5. The van der Waals surface area contributed by atoms with E-state index in [1.807, 2.05) is 30.3 Å². The first-order chi connectivity index (χ1) is 9.63. The second-order valence-electron chi connectivity index (χ2n) is 4.40. The molecule has 0 radical (unpaired) electrons. The summed E-state index contributed by atoms with van der Waals surface area (Å²) in [6, 6.07) is 8.68. The predicted octanol–water partition coefficient (Wildman–Crippen LogP) is -0.0878. The van der Waals surface area contributed by atoms with Gasteiger partial charge >= 0.3 is 5.97 Å². The van der Waals surface area contributed by atoms with Crippen molar-refractivity contribution in [3.05, 3.63) is 35.9 Å². The van der Waals surface area contributed by atoms with Gasteiger partial charge in [0.1, 0.15) is 13.2 Å². The summed E-state index contributed by atoms with van der Waals surface area (Å²) in [5.74, 6) is -0.858. The number of hydrogen-bond acceptors (Lipinski definition) is 5. The van der Waals surface area contributed by atoms with Crippen molar-refractivity contribution in [2.75, 3.05) is 13.1 Å². The van der Waals surface area contributed by atoms with Gasteiger partial charge in [-0.25, -0.2) is 0 Å². The fourth-order valence-electron chi connectivity index (χ4n) is 1.55. The van der Waals surface area contributed by atoms with E-state index in [2.05, 4.69) is 5.32 Å². The molecule has 0 bridgehead atoms. The van der Waals surface area contributed by atoms with Gasteiger partial charge < -0.3 is 21.5 Å². The van der Waals surface area contributed by atoms with Crippen molar-refractivity contribution in [1.82, 2.24) is 5.32 Å². The van der Waals surface area contributed by atoms with Crippen molar-refractivity contribution in [2.45, 2.75) is 25.5 Å².